The molecule has 0 unspecified atom stereocenters. The van der Waals surface area contributed by atoms with Gasteiger partial charge in [-0.15, -0.1) is 0 Å². The summed E-state index contributed by atoms with van der Waals surface area (Å²) in [5, 5.41) is 0. The van der Waals surface area contributed by atoms with Crippen molar-refractivity contribution < 1.29 is 6.15 Å². The molecule has 1 radical (unpaired) electrons. The third kappa shape index (κ3) is 11.0. The van der Waals surface area contributed by atoms with Gasteiger partial charge in [0.15, 0.2) is 0 Å². The van der Waals surface area contributed by atoms with Crippen LogP contribution in [0.15, 0.2) is 0 Å². The van der Waals surface area contributed by atoms with Crippen molar-refractivity contribution in [1.82, 2.24) is 0 Å². The zero-order valence-corrected chi connectivity index (χ0v) is 13.5. The van der Waals surface area contributed by atoms with Crippen molar-refractivity contribution >= 4 is 20.6 Å². The summed E-state index contributed by atoms with van der Waals surface area (Å²) in [6, 6.07) is 0. The molecule has 0 saturated heterocycles. The van der Waals surface area contributed by atoms with Crippen molar-refractivity contribution in [3.05, 3.63) is 0 Å². The van der Waals surface area contributed by atoms with Gasteiger partial charge in [0, 0.05) is 0 Å². The molecule has 0 rings (SSSR count). The zero-order valence-electron chi connectivity index (χ0n) is 10.7. The van der Waals surface area contributed by atoms with E-state index in [0.717, 1.165) is 13.2 Å². The second-order valence-corrected chi connectivity index (χ2v) is 8.95. The molecule has 0 spiro atoms. The Morgan fingerprint density at radius 3 is 1.80 bits per heavy atom. The molecule has 0 fully saturated rings. The maximum absolute atomic E-state index is 5.68. The van der Waals surface area contributed by atoms with Crippen molar-refractivity contribution in [3.8, 4) is 0 Å². The van der Waals surface area contributed by atoms with Crippen molar-refractivity contribution in [2.45, 2.75) is 63.7 Å². The van der Waals surface area contributed by atoms with Crippen LogP contribution in [-0.4, -0.2) is 33.8 Å². The van der Waals surface area contributed by atoms with Gasteiger partial charge in [-0.3, -0.25) is 0 Å². The fraction of sp³-hybridized carbons (Fsp3) is 1.00. The second-order valence-electron chi connectivity index (χ2n) is 3.76. The fourth-order valence-electron chi connectivity index (χ4n) is 1.56. The zero-order chi connectivity index (χ0) is 11.4. The van der Waals surface area contributed by atoms with E-state index in [-0.39, 0.29) is 0 Å². The predicted molar refractivity (Wildman–Crippen MR) is 67.2 cm³/mol. The molecule has 0 aromatic heterocycles. The molecule has 0 aliphatic carbocycles. The van der Waals surface area contributed by atoms with Crippen LogP contribution in [0.25, 0.3) is 0 Å². The third-order valence-electron chi connectivity index (χ3n) is 2.35. The number of unbranched alkanes of at least 4 members (excludes halogenated alkanes) is 5. The van der Waals surface area contributed by atoms with Gasteiger partial charge in [0.1, 0.15) is 0 Å². The Kier molecular flexibility index (Phi) is 13.4. The second kappa shape index (κ2) is 12.8. The van der Waals surface area contributed by atoms with Crippen LogP contribution in [0.5, 0.6) is 0 Å². The topological polar surface area (TPSA) is 18.5 Å². The van der Waals surface area contributed by atoms with Gasteiger partial charge in [-0.2, -0.15) is 0 Å². The minimum absolute atomic E-state index is 0.838. The molecule has 0 heterocycles. The van der Waals surface area contributed by atoms with Crippen molar-refractivity contribution in [1.29, 1.82) is 0 Å². The molecule has 0 aliphatic rings. The Labute approximate surface area is 104 Å². The first-order chi connectivity index (χ1) is 7.35. The summed E-state index contributed by atoms with van der Waals surface area (Å²) in [4.78, 5) is 0. The van der Waals surface area contributed by atoms with Gasteiger partial charge in [0.05, 0.1) is 0 Å². The van der Waals surface area contributed by atoms with E-state index in [1.165, 1.54) is 43.0 Å². The van der Waals surface area contributed by atoms with E-state index in [9.17, 15) is 0 Å². The summed E-state index contributed by atoms with van der Waals surface area (Å²) < 4.78 is 12.6. The normalized spacial score (nSPS) is 11.2. The molecule has 0 bridgehead atoms. The number of hydrogen-bond acceptors (Lipinski definition) is 2. The van der Waals surface area contributed by atoms with Crippen LogP contribution in [0, 0.1) is 0 Å². The van der Waals surface area contributed by atoms with E-state index in [2.05, 4.69) is 20.8 Å². The molecule has 0 saturated carbocycles. The molecule has 0 amide bonds. The quantitative estimate of drug-likeness (QED) is 0.424. The van der Waals surface area contributed by atoms with Crippen LogP contribution in [0.4, 0.5) is 0 Å². The van der Waals surface area contributed by atoms with Gasteiger partial charge in [-0.1, -0.05) is 0 Å². The van der Waals surface area contributed by atoms with Gasteiger partial charge >= 0.3 is 104 Å². The molecule has 0 aromatic rings. The molecule has 0 N–H and O–H groups in total. The molecule has 3 heteroatoms. The molecule has 0 aromatic carbocycles. The molecule has 0 atom stereocenters. The molecule has 15 heavy (non-hydrogen) atoms. The molecule has 2 nitrogen and oxygen atoms in total. The van der Waals surface area contributed by atoms with Gasteiger partial charge in [0.25, 0.3) is 0 Å². The van der Waals surface area contributed by atoms with Crippen LogP contribution in [0.2, 0.25) is 4.44 Å². The van der Waals surface area contributed by atoms with Crippen LogP contribution >= 0.6 is 0 Å². The summed E-state index contributed by atoms with van der Waals surface area (Å²) >= 11 is -1.84. The minimum atomic E-state index is -1.84. The Morgan fingerprint density at radius 2 is 1.27 bits per heavy atom. The number of hydrogen-bond donors (Lipinski definition) is 0. The average Bonchev–Trinajstić information content (AvgIpc) is 2.24. The predicted octanol–water partition coefficient (Wildman–Crippen LogP) is 3.91. The monoisotopic (exact) mass is 323 g/mol. The summed E-state index contributed by atoms with van der Waals surface area (Å²) in [6.07, 6.45) is 8.20. The van der Waals surface area contributed by atoms with E-state index in [1.807, 2.05) is 0 Å². The van der Waals surface area contributed by atoms with Crippen molar-refractivity contribution in [2.75, 3.05) is 13.2 Å². The molecular weight excluding hydrogens is 295 g/mol. The maximum atomic E-state index is 5.68. The summed E-state index contributed by atoms with van der Waals surface area (Å²) in [7, 11) is 0. The summed E-state index contributed by atoms with van der Waals surface area (Å²) in [6.45, 7) is 8.08. The first-order valence-electron chi connectivity index (χ1n) is 6.46. The Balaban J connectivity index is 3.28. The SMILES string of the molecule is CCCCCCC[CH2][Sn]([O]CC)[O]CC. The van der Waals surface area contributed by atoms with E-state index < -0.39 is 20.6 Å². The van der Waals surface area contributed by atoms with E-state index in [4.69, 9.17) is 6.15 Å². The third-order valence-corrected chi connectivity index (χ3v) is 8.01. The van der Waals surface area contributed by atoms with Gasteiger partial charge in [-0.05, 0) is 0 Å². The van der Waals surface area contributed by atoms with E-state index in [1.54, 1.807) is 0 Å². The molecular formula is C12H27O2Sn. The van der Waals surface area contributed by atoms with Crippen LogP contribution < -0.4 is 0 Å². The van der Waals surface area contributed by atoms with Gasteiger partial charge < -0.3 is 0 Å². The first kappa shape index (κ1) is 15.7. The summed E-state index contributed by atoms with van der Waals surface area (Å²) in [5.41, 5.74) is 0. The molecule has 91 valence electrons. The van der Waals surface area contributed by atoms with E-state index >= 15 is 0 Å². The van der Waals surface area contributed by atoms with Crippen molar-refractivity contribution in [3.63, 3.8) is 0 Å². The van der Waals surface area contributed by atoms with Gasteiger partial charge in [-0.25, -0.2) is 0 Å². The first-order valence-corrected chi connectivity index (χ1v) is 10.8. The van der Waals surface area contributed by atoms with Crippen LogP contribution in [-0.2, 0) is 6.15 Å². The Bertz CT molecular complexity index is 114. The summed E-state index contributed by atoms with van der Waals surface area (Å²) in [5.74, 6) is 0. The standard InChI is InChI=1S/C8H17.2C2H5O.Sn/c1-3-5-7-8-6-4-2;2*1-2-3;/h1,3-8H2,2H3;2*2H2,1H3;/q;2*-1;+2. The Hall–Kier alpha value is 0.719. The Morgan fingerprint density at radius 1 is 0.733 bits per heavy atom. The number of rotatable bonds is 11. The van der Waals surface area contributed by atoms with Gasteiger partial charge in [0.2, 0.25) is 0 Å². The van der Waals surface area contributed by atoms with Crippen LogP contribution in [0.3, 0.4) is 0 Å². The van der Waals surface area contributed by atoms with E-state index in [0.29, 0.717) is 0 Å². The van der Waals surface area contributed by atoms with Crippen molar-refractivity contribution in [2.24, 2.45) is 0 Å². The van der Waals surface area contributed by atoms with Crippen LogP contribution in [0.1, 0.15) is 59.3 Å². The fourth-order valence-corrected chi connectivity index (χ4v) is 5.99. The average molecular weight is 322 g/mol. The molecule has 0 aliphatic heterocycles.